The van der Waals surface area contributed by atoms with Crippen LogP contribution in [0.4, 0.5) is 5.69 Å². The quantitative estimate of drug-likeness (QED) is 0.748. The van der Waals surface area contributed by atoms with Crippen molar-refractivity contribution in [2.75, 3.05) is 11.9 Å². The van der Waals surface area contributed by atoms with E-state index in [0.717, 1.165) is 0 Å². The number of benzene rings is 2. The van der Waals surface area contributed by atoms with Crippen LogP contribution in [0.25, 0.3) is 0 Å². The molecule has 0 aliphatic heterocycles. The lowest BCUT2D eigenvalue weighted by Crippen LogP contribution is -2.32. The van der Waals surface area contributed by atoms with Crippen molar-refractivity contribution in [2.24, 2.45) is 0 Å². The van der Waals surface area contributed by atoms with Gasteiger partial charge in [-0.05, 0) is 30.7 Å². The highest BCUT2D eigenvalue weighted by molar-refractivity contribution is 5.94. The summed E-state index contributed by atoms with van der Waals surface area (Å²) in [4.78, 5) is 12.4. The predicted molar refractivity (Wildman–Crippen MR) is 91.9 cm³/mol. The van der Waals surface area contributed by atoms with Gasteiger partial charge in [0.15, 0.2) is 6.10 Å². The molecule has 4 heteroatoms. The number of hydrogen-bond acceptors (Lipinski definition) is 3. The van der Waals surface area contributed by atoms with Crippen LogP contribution in [0.15, 0.2) is 67.3 Å². The fourth-order valence-corrected chi connectivity index (χ4v) is 2.03. The third-order valence-corrected chi connectivity index (χ3v) is 3.15. The standard InChI is InChI=1S/C19H21NO3/c1-3-13-22-17-12-8-9-15(14-17)20-19(21)18(4-2)23-16-10-6-5-7-11-16/h3,5-12,14,18H,1,4,13H2,2H3,(H,20,21)/t18-/m1/s1. The maximum atomic E-state index is 12.4. The van der Waals surface area contributed by atoms with E-state index in [1.54, 1.807) is 12.1 Å². The van der Waals surface area contributed by atoms with Crippen molar-refractivity contribution in [1.82, 2.24) is 0 Å². The molecule has 23 heavy (non-hydrogen) atoms. The molecule has 0 fully saturated rings. The number of carbonyl (C=O) groups excluding carboxylic acids is 1. The number of ether oxygens (including phenoxy) is 2. The number of para-hydroxylation sites is 1. The van der Waals surface area contributed by atoms with Crippen molar-refractivity contribution in [3.05, 3.63) is 67.3 Å². The molecule has 1 N–H and O–H groups in total. The van der Waals surface area contributed by atoms with E-state index >= 15 is 0 Å². The van der Waals surface area contributed by atoms with E-state index in [9.17, 15) is 4.79 Å². The third-order valence-electron chi connectivity index (χ3n) is 3.15. The molecule has 0 spiro atoms. The highest BCUT2D eigenvalue weighted by Gasteiger charge is 2.18. The zero-order valence-corrected chi connectivity index (χ0v) is 13.2. The molecule has 1 atom stereocenters. The Hall–Kier alpha value is -2.75. The highest BCUT2D eigenvalue weighted by Crippen LogP contribution is 2.19. The molecule has 120 valence electrons. The SMILES string of the molecule is C=CCOc1cccc(NC(=O)[C@@H](CC)Oc2ccccc2)c1. The molecule has 0 radical (unpaired) electrons. The van der Waals surface area contributed by atoms with Crippen LogP contribution >= 0.6 is 0 Å². The minimum atomic E-state index is -0.546. The Kier molecular flexibility index (Phi) is 6.24. The van der Waals surface area contributed by atoms with Gasteiger partial charge in [0.1, 0.15) is 18.1 Å². The van der Waals surface area contributed by atoms with Gasteiger partial charge in [-0.2, -0.15) is 0 Å². The van der Waals surface area contributed by atoms with E-state index in [2.05, 4.69) is 11.9 Å². The molecule has 0 aliphatic rings. The van der Waals surface area contributed by atoms with Crippen LogP contribution in [-0.2, 0) is 4.79 Å². The zero-order valence-electron chi connectivity index (χ0n) is 13.2. The van der Waals surface area contributed by atoms with Gasteiger partial charge in [0.25, 0.3) is 5.91 Å². The fraction of sp³-hybridized carbons (Fsp3) is 0.211. The summed E-state index contributed by atoms with van der Waals surface area (Å²) in [5.41, 5.74) is 0.673. The van der Waals surface area contributed by atoms with Crippen molar-refractivity contribution in [2.45, 2.75) is 19.4 Å². The second-order valence-corrected chi connectivity index (χ2v) is 4.94. The van der Waals surface area contributed by atoms with Crippen molar-refractivity contribution in [1.29, 1.82) is 0 Å². The molecular weight excluding hydrogens is 290 g/mol. The lowest BCUT2D eigenvalue weighted by atomic mass is 10.2. The smallest absolute Gasteiger partial charge is 0.265 e. The molecule has 2 aromatic rings. The molecule has 0 heterocycles. The van der Waals surface area contributed by atoms with Gasteiger partial charge < -0.3 is 14.8 Å². The minimum Gasteiger partial charge on any atom is -0.489 e. The Bertz CT molecular complexity index is 640. The van der Waals surface area contributed by atoms with Crippen LogP contribution in [-0.4, -0.2) is 18.6 Å². The van der Waals surface area contributed by atoms with Gasteiger partial charge in [0.2, 0.25) is 0 Å². The summed E-state index contributed by atoms with van der Waals surface area (Å²) in [6, 6.07) is 16.6. The van der Waals surface area contributed by atoms with Crippen LogP contribution in [0.2, 0.25) is 0 Å². The Morgan fingerprint density at radius 3 is 2.61 bits per heavy atom. The summed E-state index contributed by atoms with van der Waals surface area (Å²) >= 11 is 0. The Balaban J connectivity index is 2.00. The van der Waals surface area contributed by atoms with Gasteiger partial charge in [-0.15, -0.1) is 0 Å². The third kappa shape index (κ3) is 5.18. The Morgan fingerprint density at radius 2 is 1.91 bits per heavy atom. The van der Waals surface area contributed by atoms with Crippen molar-refractivity contribution in [3.8, 4) is 11.5 Å². The van der Waals surface area contributed by atoms with Crippen LogP contribution in [0.1, 0.15) is 13.3 Å². The van der Waals surface area contributed by atoms with Crippen LogP contribution in [0.5, 0.6) is 11.5 Å². The van der Waals surface area contributed by atoms with Crippen LogP contribution in [0.3, 0.4) is 0 Å². The summed E-state index contributed by atoms with van der Waals surface area (Å²) in [6.45, 7) is 5.95. The van der Waals surface area contributed by atoms with E-state index < -0.39 is 6.10 Å². The first-order valence-corrected chi connectivity index (χ1v) is 7.59. The van der Waals surface area contributed by atoms with Gasteiger partial charge in [-0.25, -0.2) is 0 Å². The van der Waals surface area contributed by atoms with Gasteiger partial charge in [0, 0.05) is 11.8 Å². The molecule has 1 amide bonds. The van der Waals surface area contributed by atoms with Crippen molar-refractivity contribution >= 4 is 11.6 Å². The summed E-state index contributed by atoms with van der Waals surface area (Å²) in [7, 11) is 0. The largest absolute Gasteiger partial charge is 0.489 e. The molecule has 0 aliphatic carbocycles. The van der Waals surface area contributed by atoms with Crippen LogP contribution in [0, 0.1) is 0 Å². The summed E-state index contributed by atoms with van der Waals surface area (Å²) in [5, 5.41) is 2.86. The second-order valence-electron chi connectivity index (χ2n) is 4.94. The van der Waals surface area contributed by atoms with E-state index in [1.165, 1.54) is 0 Å². The van der Waals surface area contributed by atoms with E-state index in [0.29, 0.717) is 30.2 Å². The maximum absolute atomic E-state index is 12.4. The molecule has 2 aromatic carbocycles. The number of rotatable bonds is 8. The van der Waals surface area contributed by atoms with Crippen molar-refractivity contribution in [3.63, 3.8) is 0 Å². The monoisotopic (exact) mass is 311 g/mol. The number of nitrogens with one attached hydrogen (secondary N) is 1. The molecule has 4 nitrogen and oxygen atoms in total. The summed E-state index contributed by atoms with van der Waals surface area (Å²) in [6.07, 6.45) is 1.70. The molecular formula is C19H21NO3. The molecule has 0 saturated carbocycles. The lowest BCUT2D eigenvalue weighted by Gasteiger charge is -2.17. The van der Waals surface area contributed by atoms with E-state index in [4.69, 9.17) is 9.47 Å². The lowest BCUT2D eigenvalue weighted by molar-refractivity contribution is -0.122. The average molecular weight is 311 g/mol. The second kappa shape index (κ2) is 8.63. The van der Waals surface area contributed by atoms with Gasteiger partial charge in [0.05, 0.1) is 0 Å². The first kappa shape index (κ1) is 16.6. The average Bonchev–Trinajstić information content (AvgIpc) is 2.59. The van der Waals surface area contributed by atoms with E-state index in [1.807, 2.05) is 55.5 Å². The normalized spacial score (nSPS) is 11.3. The van der Waals surface area contributed by atoms with Gasteiger partial charge in [-0.1, -0.05) is 43.8 Å². The van der Waals surface area contributed by atoms with Gasteiger partial charge in [-0.3, -0.25) is 4.79 Å². The fourth-order valence-electron chi connectivity index (χ4n) is 2.03. The molecule has 0 aromatic heterocycles. The molecule has 0 saturated heterocycles. The summed E-state index contributed by atoms with van der Waals surface area (Å²) in [5.74, 6) is 1.18. The first-order chi connectivity index (χ1) is 11.2. The number of hydrogen-bond donors (Lipinski definition) is 1. The number of carbonyl (C=O) groups is 1. The number of anilines is 1. The zero-order chi connectivity index (χ0) is 16.5. The predicted octanol–water partition coefficient (Wildman–Crippen LogP) is 4.05. The topological polar surface area (TPSA) is 47.6 Å². The first-order valence-electron chi connectivity index (χ1n) is 7.59. The molecule has 0 unspecified atom stereocenters. The van der Waals surface area contributed by atoms with E-state index in [-0.39, 0.29) is 5.91 Å². The molecule has 0 bridgehead atoms. The Morgan fingerprint density at radius 1 is 1.17 bits per heavy atom. The van der Waals surface area contributed by atoms with Crippen LogP contribution < -0.4 is 14.8 Å². The summed E-state index contributed by atoms with van der Waals surface area (Å²) < 4.78 is 11.2. The molecule has 2 rings (SSSR count). The number of amides is 1. The van der Waals surface area contributed by atoms with Gasteiger partial charge >= 0.3 is 0 Å². The van der Waals surface area contributed by atoms with Crippen molar-refractivity contribution < 1.29 is 14.3 Å². The highest BCUT2D eigenvalue weighted by atomic mass is 16.5. The maximum Gasteiger partial charge on any atom is 0.265 e. The Labute approximate surface area is 136 Å². The minimum absolute atomic E-state index is 0.183.